The summed E-state index contributed by atoms with van der Waals surface area (Å²) in [5, 5.41) is 0. The third-order valence-corrected chi connectivity index (χ3v) is 5.85. The van der Waals surface area contributed by atoms with Crippen LogP contribution in [0, 0.1) is 0 Å². The van der Waals surface area contributed by atoms with Crippen LogP contribution in [0.15, 0.2) is 30.3 Å². The van der Waals surface area contributed by atoms with Crippen molar-refractivity contribution in [3.63, 3.8) is 0 Å². The van der Waals surface area contributed by atoms with Crippen LogP contribution in [-0.2, 0) is 49.2 Å². The smallest absolute Gasteiger partial charge is 0.272 e. The van der Waals surface area contributed by atoms with Gasteiger partial charge < -0.3 is 42.6 Å². The number of benzene rings is 1. The highest BCUT2D eigenvalue weighted by Gasteiger charge is 2.63. The Kier molecular flexibility index (Phi) is 7.45. The van der Waals surface area contributed by atoms with Crippen LogP contribution in [0.3, 0.4) is 0 Å². The van der Waals surface area contributed by atoms with E-state index in [1.807, 2.05) is 30.3 Å². The predicted molar refractivity (Wildman–Crippen MR) is 105 cm³/mol. The minimum atomic E-state index is -0.716. The number of ether oxygens (including phenoxy) is 9. The molecular weight excluding hydrogens is 408 g/mol. The standard InChI is InChI=1S/C22H30O9/c1-2-4-15(5-3-1)14-28-18-20-16-19-17(21(18)31-22(29-19)30-20)27-13-11-25-9-7-23-6-8-24-10-12-26-16/h1-5,16-22H,6-14H2/t16-,17-,18?,19?,20-,21+,22?/m0/s1. The van der Waals surface area contributed by atoms with Gasteiger partial charge in [0, 0.05) is 0 Å². The first-order chi connectivity index (χ1) is 15.4. The molecule has 1 aromatic carbocycles. The minimum absolute atomic E-state index is 0.296. The van der Waals surface area contributed by atoms with E-state index in [2.05, 4.69) is 0 Å². The second-order valence-electron chi connectivity index (χ2n) is 7.86. The molecule has 0 aromatic heterocycles. The lowest BCUT2D eigenvalue weighted by atomic mass is 9.82. The number of hydrogen-bond acceptors (Lipinski definition) is 9. The fraction of sp³-hybridized carbons (Fsp3) is 0.727. The van der Waals surface area contributed by atoms with Crippen molar-refractivity contribution < 1.29 is 42.6 Å². The Morgan fingerprint density at radius 3 is 1.71 bits per heavy atom. The van der Waals surface area contributed by atoms with Crippen LogP contribution in [0.25, 0.3) is 0 Å². The summed E-state index contributed by atoms with van der Waals surface area (Å²) in [7, 11) is 0. The quantitative estimate of drug-likeness (QED) is 0.683. The third kappa shape index (κ3) is 5.11. The first-order valence-electron chi connectivity index (χ1n) is 11.0. The lowest BCUT2D eigenvalue weighted by Crippen LogP contribution is -2.76. The summed E-state index contributed by atoms with van der Waals surface area (Å²) < 4.78 is 53.2. The van der Waals surface area contributed by atoms with Crippen molar-refractivity contribution in [2.45, 2.75) is 49.7 Å². The van der Waals surface area contributed by atoms with Crippen LogP contribution in [-0.4, -0.2) is 96.0 Å². The van der Waals surface area contributed by atoms with Crippen molar-refractivity contribution in [3.05, 3.63) is 35.9 Å². The summed E-state index contributed by atoms with van der Waals surface area (Å²) in [6, 6.07) is 10.0. The lowest BCUT2D eigenvalue weighted by Gasteiger charge is -2.58. The van der Waals surface area contributed by atoms with Crippen molar-refractivity contribution in [1.82, 2.24) is 0 Å². The summed E-state index contributed by atoms with van der Waals surface area (Å²) in [5.74, 6) is 0. The molecule has 31 heavy (non-hydrogen) atoms. The third-order valence-electron chi connectivity index (χ3n) is 5.85. The molecule has 7 atom stereocenters. The van der Waals surface area contributed by atoms with Gasteiger partial charge in [0.25, 0.3) is 6.48 Å². The van der Waals surface area contributed by atoms with Crippen LogP contribution >= 0.6 is 0 Å². The van der Waals surface area contributed by atoms with E-state index < -0.39 is 6.48 Å². The molecular formula is C22H30O9. The Labute approximate surface area is 181 Å². The SMILES string of the molecule is c1ccc(COC2[C@H]3OC4OC5[C@@H]3OCCOCCOCCOCCO[C@@H]5[C@H]2O4)cc1. The van der Waals surface area contributed by atoms with Gasteiger partial charge in [0.15, 0.2) is 0 Å². The average molecular weight is 438 g/mol. The van der Waals surface area contributed by atoms with E-state index in [0.29, 0.717) is 59.5 Å². The molecule has 0 N–H and O–H groups in total. The fourth-order valence-corrected chi connectivity index (χ4v) is 4.43. The second kappa shape index (κ2) is 10.7. The molecule has 5 aliphatic rings. The molecule has 6 rings (SSSR count). The van der Waals surface area contributed by atoms with Gasteiger partial charge in [-0.2, -0.15) is 0 Å². The maximum atomic E-state index is 6.30. The molecule has 5 fully saturated rings. The molecule has 172 valence electrons. The molecule has 4 saturated heterocycles. The molecule has 9 heteroatoms. The molecule has 4 aliphatic heterocycles. The van der Waals surface area contributed by atoms with Crippen LogP contribution in [0.5, 0.6) is 0 Å². The Bertz CT molecular complexity index is 642. The van der Waals surface area contributed by atoms with E-state index in [-0.39, 0.29) is 36.6 Å². The Balaban J connectivity index is 1.29. The van der Waals surface area contributed by atoms with Gasteiger partial charge in [-0.3, -0.25) is 0 Å². The first-order valence-corrected chi connectivity index (χ1v) is 11.0. The molecule has 0 spiro atoms. The second-order valence-corrected chi connectivity index (χ2v) is 7.86. The van der Waals surface area contributed by atoms with Gasteiger partial charge in [-0.25, -0.2) is 0 Å². The molecule has 1 aliphatic carbocycles. The van der Waals surface area contributed by atoms with Gasteiger partial charge in [-0.1, -0.05) is 30.3 Å². The molecule has 1 saturated carbocycles. The van der Waals surface area contributed by atoms with Crippen LogP contribution in [0.4, 0.5) is 0 Å². The summed E-state index contributed by atoms with van der Waals surface area (Å²) in [6.45, 7) is 3.57. The van der Waals surface area contributed by atoms with E-state index in [1.165, 1.54) is 0 Å². The van der Waals surface area contributed by atoms with Crippen molar-refractivity contribution in [3.8, 4) is 0 Å². The lowest BCUT2D eigenvalue weighted by molar-refractivity contribution is -0.489. The Morgan fingerprint density at radius 1 is 0.613 bits per heavy atom. The highest BCUT2D eigenvalue weighted by atomic mass is 16.9. The molecule has 4 heterocycles. The zero-order valence-corrected chi connectivity index (χ0v) is 17.5. The minimum Gasteiger partial charge on any atom is -0.377 e. The van der Waals surface area contributed by atoms with Crippen LogP contribution in [0.1, 0.15) is 5.56 Å². The van der Waals surface area contributed by atoms with E-state index in [0.717, 1.165) is 5.56 Å². The van der Waals surface area contributed by atoms with E-state index in [9.17, 15) is 0 Å². The van der Waals surface area contributed by atoms with E-state index in [4.69, 9.17) is 42.6 Å². The normalized spacial score (nSPS) is 39.4. The van der Waals surface area contributed by atoms with E-state index in [1.54, 1.807) is 0 Å². The van der Waals surface area contributed by atoms with Gasteiger partial charge >= 0.3 is 0 Å². The Morgan fingerprint density at radius 2 is 1.13 bits per heavy atom. The Hall–Kier alpha value is -1.14. The fourth-order valence-electron chi connectivity index (χ4n) is 4.43. The van der Waals surface area contributed by atoms with Crippen molar-refractivity contribution in [2.24, 2.45) is 0 Å². The zero-order valence-electron chi connectivity index (χ0n) is 17.5. The largest absolute Gasteiger partial charge is 0.377 e. The maximum Gasteiger partial charge on any atom is 0.272 e. The molecule has 3 unspecified atom stereocenters. The zero-order chi connectivity index (χ0) is 20.9. The van der Waals surface area contributed by atoms with Gasteiger partial charge in [0.1, 0.15) is 36.6 Å². The van der Waals surface area contributed by atoms with Gasteiger partial charge in [0.2, 0.25) is 0 Å². The summed E-state index contributed by atoms with van der Waals surface area (Å²) in [5.41, 5.74) is 1.08. The summed E-state index contributed by atoms with van der Waals surface area (Å²) >= 11 is 0. The highest BCUT2D eigenvalue weighted by Crippen LogP contribution is 2.43. The monoisotopic (exact) mass is 438 g/mol. The molecule has 0 amide bonds. The van der Waals surface area contributed by atoms with Gasteiger partial charge in [-0.15, -0.1) is 0 Å². The topological polar surface area (TPSA) is 83.1 Å². The molecule has 9 nitrogen and oxygen atoms in total. The summed E-state index contributed by atoms with van der Waals surface area (Å²) in [6.07, 6.45) is -1.91. The number of hydrogen-bond donors (Lipinski definition) is 0. The predicted octanol–water partition coefficient (Wildman–Crippen LogP) is 0.886. The van der Waals surface area contributed by atoms with Crippen LogP contribution in [0.2, 0.25) is 0 Å². The molecule has 6 bridgehead atoms. The van der Waals surface area contributed by atoms with E-state index >= 15 is 0 Å². The maximum absolute atomic E-state index is 6.30. The highest BCUT2D eigenvalue weighted by molar-refractivity contribution is 5.14. The average Bonchev–Trinajstić information content (AvgIpc) is 2.79. The van der Waals surface area contributed by atoms with Gasteiger partial charge in [0.05, 0.1) is 59.5 Å². The molecule has 0 radical (unpaired) electrons. The number of rotatable bonds is 3. The summed E-state index contributed by atoms with van der Waals surface area (Å²) in [4.78, 5) is 0. The van der Waals surface area contributed by atoms with Crippen molar-refractivity contribution in [1.29, 1.82) is 0 Å². The molecule has 1 aromatic rings. The van der Waals surface area contributed by atoms with Gasteiger partial charge in [-0.05, 0) is 5.56 Å². The van der Waals surface area contributed by atoms with Crippen molar-refractivity contribution >= 4 is 0 Å². The van der Waals surface area contributed by atoms with Crippen molar-refractivity contribution in [2.75, 3.05) is 52.9 Å². The van der Waals surface area contributed by atoms with Crippen LogP contribution < -0.4 is 0 Å². The first kappa shape index (κ1) is 21.7.